The van der Waals surface area contributed by atoms with Gasteiger partial charge in [0.2, 0.25) is 5.91 Å². The molecule has 2 N–H and O–H groups in total. The zero-order valence-electron chi connectivity index (χ0n) is 21.3. The minimum atomic E-state index is -0.628. The maximum absolute atomic E-state index is 14.7. The molecule has 1 aliphatic heterocycles. The van der Waals surface area contributed by atoms with Crippen molar-refractivity contribution in [3.05, 3.63) is 75.8 Å². The van der Waals surface area contributed by atoms with Crippen molar-refractivity contribution >= 4 is 17.5 Å². The van der Waals surface area contributed by atoms with Gasteiger partial charge in [-0.2, -0.15) is 5.10 Å². The van der Waals surface area contributed by atoms with E-state index in [1.54, 1.807) is 0 Å². The predicted molar refractivity (Wildman–Crippen MR) is 139 cm³/mol. The molecule has 9 heteroatoms. The van der Waals surface area contributed by atoms with Crippen LogP contribution in [0.4, 0.5) is 8.78 Å². The number of aryl methyl sites for hydroxylation is 2. The largest absolute Gasteiger partial charge is 0.342 e. The number of halogens is 3. The van der Waals surface area contributed by atoms with Gasteiger partial charge in [-0.3, -0.25) is 4.79 Å². The lowest BCUT2D eigenvalue weighted by atomic mass is 9.86. The molecule has 5 rings (SSSR count). The Morgan fingerprint density at radius 3 is 2.51 bits per heavy atom. The predicted octanol–water partition coefficient (Wildman–Crippen LogP) is 5.43. The molecule has 1 aliphatic carbocycles. The van der Waals surface area contributed by atoms with Gasteiger partial charge in [-0.25, -0.2) is 18.4 Å². The number of benzene rings is 2. The minimum absolute atomic E-state index is 0.00711. The summed E-state index contributed by atoms with van der Waals surface area (Å²) in [5, 5.41) is 5.33. The van der Waals surface area contributed by atoms with Crippen LogP contribution in [0, 0.1) is 31.4 Å². The molecule has 0 radical (unpaired) electrons. The first-order valence-corrected chi connectivity index (χ1v) is 13.1. The first-order chi connectivity index (χ1) is 17.5. The van der Waals surface area contributed by atoms with Crippen molar-refractivity contribution < 1.29 is 13.6 Å². The van der Waals surface area contributed by atoms with E-state index in [4.69, 9.17) is 22.3 Å². The number of nitrogens with two attached hydrogens (primary N) is 1. The van der Waals surface area contributed by atoms with E-state index >= 15 is 0 Å². The lowest BCUT2D eigenvalue weighted by molar-refractivity contribution is -0.137. The highest BCUT2D eigenvalue weighted by Gasteiger charge is 2.46. The molecule has 3 atom stereocenters. The van der Waals surface area contributed by atoms with E-state index in [-0.39, 0.29) is 17.7 Å². The maximum atomic E-state index is 14.7. The number of amides is 1. The third-order valence-corrected chi connectivity index (χ3v) is 8.26. The first-order valence-electron chi connectivity index (χ1n) is 12.7. The van der Waals surface area contributed by atoms with Crippen LogP contribution in [0.1, 0.15) is 67.2 Å². The molecule has 2 aromatic carbocycles. The van der Waals surface area contributed by atoms with Gasteiger partial charge in [0.1, 0.15) is 23.3 Å². The van der Waals surface area contributed by atoms with E-state index in [1.165, 1.54) is 12.1 Å². The van der Waals surface area contributed by atoms with Crippen molar-refractivity contribution in [1.29, 1.82) is 0 Å². The van der Waals surface area contributed by atoms with Crippen LogP contribution in [0.15, 0.2) is 36.4 Å². The number of hydrogen-bond acceptors (Lipinski definition) is 4. The molecule has 6 nitrogen and oxygen atoms in total. The second-order valence-corrected chi connectivity index (χ2v) is 11.3. The van der Waals surface area contributed by atoms with Crippen molar-refractivity contribution in [3.8, 4) is 5.69 Å². The van der Waals surface area contributed by atoms with Crippen LogP contribution >= 0.6 is 11.6 Å². The summed E-state index contributed by atoms with van der Waals surface area (Å²) in [6.07, 6.45) is 2.44. The summed E-state index contributed by atoms with van der Waals surface area (Å²) in [5.41, 5.74) is 8.10. The van der Waals surface area contributed by atoms with Gasteiger partial charge >= 0.3 is 0 Å². The van der Waals surface area contributed by atoms with Gasteiger partial charge in [-0.1, -0.05) is 17.7 Å². The van der Waals surface area contributed by atoms with E-state index in [0.29, 0.717) is 42.3 Å². The Balaban J connectivity index is 1.33. The first kappa shape index (κ1) is 25.8. The van der Waals surface area contributed by atoms with Gasteiger partial charge < -0.3 is 10.6 Å². The normalized spacial score (nSPS) is 24.6. The van der Waals surface area contributed by atoms with Crippen molar-refractivity contribution in [1.82, 2.24) is 19.7 Å². The molecule has 1 aromatic heterocycles. The third kappa shape index (κ3) is 5.14. The summed E-state index contributed by atoms with van der Waals surface area (Å²) in [6, 6.07) is 9.38. The molecule has 2 heterocycles. The molecule has 2 fully saturated rings. The fourth-order valence-electron chi connectivity index (χ4n) is 6.00. The van der Waals surface area contributed by atoms with Crippen molar-refractivity contribution in [2.24, 2.45) is 11.7 Å². The molecule has 1 amide bonds. The number of nitrogens with zero attached hydrogens (tertiary/aromatic N) is 4. The highest BCUT2D eigenvalue weighted by atomic mass is 35.5. The topological polar surface area (TPSA) is 77.0 Å². The Morgan fingerprint density at radius 2 is 1.84 bits per heavy atom. The maximum Gasteiger partial charge on any atom is 0.226 e. The van der Waals surface area contributed by atoms with Crippen LogP contribution in [0.3, 0.4) is 0 Å². The van der Waals surface area contributed by atoms with Gasteiger partial charge in [0.15, 0.2) is 0 Å². The monoisotopic (exact) mass is 527 g/mol. The third-order valence-electron chi connectivity index (χ3n) is 7.83. The van der Waals surface area contributed by atoms with E-state index in [0.717, 1.165) is 36.0 Å². The van der Waals surface area contributed by atoms with Crippen LogP contribution in [-0.4, -0.2) is 44.2 Å². The zero-order chi connectivity index (χ0) is 26.5. The van der Waals surface area contributed by atoms with Gasteiger partial charge in [-0.15, -0.1) is 0 Å². The Morgan fingerprint density at radius 1 is 1.11 bits per heavy atom. The van der Waals surface area contributed by atoms with E-state index in [2.05, 4.69) is 5.10 Å². The van der Waals surface area contributed by atoms with Gasteiger partial charge in [0.25, 0.3) is 0 Å². The molecular formula is C28H32ClF2N5O. The number of aromatic nitrogens is 3. The average Bonchev–Trinajstić information content (AvgIpc) is 3.39. The second kappa shape index (κ2) is 9.80. The second-order valence-electron chi connectivity index (χ2n) is 10.9. The summed E-state index contributed by atoms with van der Waals surface area (Å²) in [5.74, 6) is -0.342. The number of carbonyl (C=O) groups is 1. The lowest BCUT2D eigenvalue weighted by Gasteiger charge is -2.34. The molecule has 0 unspecified atom stereocenters. The van der Waals surface area contributed by atoms with Crippen LogP contribution in [-0.2, 0) is 4.79 Å². The molecule has 37 heavy (non-hydrogen) atoms. The zero-order valence-corrected chi connectivity index (χ0v) is 22.1. The summed E-state index contributed by atoms with van der Waals surface area (Å²) in [4.78, 5) is 20.3. The lowest BCUT2D eigenvalue weighted by Crippen LogP contribution is -2.43. The number of rotatable bonds is 4. The summed E-state index contributed by atoms with van der Waals surface area (Å²) < 4.78 is 30.1. The van der Waals surface area contributed by atoms with Gasteiger partial charge in [0.05, 0.1) is 5.69 Å². The van der Waals surface area contributed by atoms with Crippen molar-refractivity contribution in [2.45, 2.75) is 63.8 Å². The van der Waals surface area contributed by atoms with E-state index in [9.17, 15) is 13.6 Å². The summed E-state index contributed by atoms with van der Waals surface area (Å²) >= 11 is 6.22. The van der Waals surface area contributed by atoms with E-state index < -0.39 is 23.1 Å². The molecular weight excluding hydrogens is 496 g/mol. The Bertz CT molecular complexity index is 1330. The highest BCUT2D eigenvalue weighted by Crippen LogP contribution is 2.46. The van der Waals surface area contributed by atoms with Gasteiger partial charge in [-0.05, 0) is 81.8 Å². The summed E-state index contributed by atoms with van der Waals surface area (Å²) in [7, 11) is 0. The molecule has 1 saturated heterocycles. The number of carbonyl (C=O) groups excluding carboxylic acids is 1. The number of hydrogen-bond donors (Lipinski definition) is 1. The Labute approximate surface area is 220 Å². The average molecular weight is 528 g/mol. The molecule has 1 saturated carbocycles. The Kier molecular flexibility index (Phi) is 6.83. The highest BCUT2D eigenvalue weighted by molar-refractivity contribution is 6.31. The van der Waals surface area contributed by atoms with E-state index in [1.807, 2.05) is 48.6 Å². The quantitative estimate of drug-likeness (QED) is 0.490. The molecule has 0 spiro atoms. The smallest absolute Gasteiger partial charge is 0.226 e. The van der Waals surface area contributed by atoms with Crippen LogP contribution < -0.4 is 5.73 Å². The number of likely N-dealkylation sites (tertiary alicyclic amines) is 1. The standard InChI is InChI=1S/C28H32ClF2N5O/c1-16-12-20(5-7-24(16)29)36-26(33-17(2)34-36)18-8-10-35(11-9-18)27(37)23-15-28(3,32)14-22(23)21-6-4-19(30)13-25(21)31/h4-7,12-13,18,22-23H,8-11,14-15,32H2,1-3H3/t22-,23+,28-/m0/s1. The molecule has 196 valence electrons. The molecule has 0 bridgehead atoms. The minimum Gasteiger partial charge on any atom is -0.342 e. The summed E-state index contributed by atoms with van der Waals surface area (Å²) in [6.45, 7) is 6.88. The Hall–Kier alpha value is -2.84. The molecule has 3 aromatic rings. The van der Waals surface area contributed by atoms with Crippen LogP contribution in [0.2, 0.25) is 5.02 Å². The van der Waals surface area contributed by atoms with Gasteiger partial charge in [0, 0.05) is 47.5 Å². The SMILES string of the molecule is Cc1nc(C2CCN(C(=O)[C@@H]3C[C@@](C)(N)C[C@H]3c3ccc(F)cc3F)CC2)n(-c2ccc(Cl)c(C)c2)n1. The number of piperidine rings is 1. The van der Waals surface area contributed by atoms with Crippen molar-refractivity contribution in [3.63, 3.8) is 0 Å². The van der Waals surface area contributed by atoms with Crippen LogP contribution in [0.5, 0.6) is 0 Å². The fraction of sp³-hybridized carbons (Fsp3) is 0.464. The van der Waals surface area contributed by atoms with Crippen molar-refractivity contribution in [2.75, 3.05) is 13.1 Å². The fourth-order valence-corrected chi connectivity index (χ4v) is 6.12. The molecule has 2 aliphatic rings. The van der Waals surface area contributed by atoms with Crippen LogP contribution in [0.25, 0.3) is 5.69 Å².